The van der Waals surface area contributed by atoms with E-state index in [1.807, 2.05) is 0 Å². The van der Waals surface area contributed by atoms with Gasteiger partial charge in [0.2, 0.25) is 0 Å². The molecule has 2 saturated heterocycles. The summed E-state index contributed by atoms with van der Waals surface area (Å²) >= 11 is 0. The molecule has 0 aromatic heterocycles. The number of carbonyl (C=O) groups excluding carboxylic acids is 1. The summed E-state index contributed by atoms with van der Waals surface area (Å²) in [5.41, 5.74) is 2.51. The van der Waals surface area contributed by atoms with Crippen molar-refractivity contribution in [2.24, 2.45) is 5.92 Å². The lowest BCUT2D eigenvalue weighted by Gasteiger charge is -2.33. The maximum absolute atomic E-state index is 12.1. The molecule has 0 unspecified atom stereocenters. The van der Waals surface area contributed by atoms with Crippen LogP contribution in [0.4, 0.5) is 4.79 Å². The second kappa shape index (κ2) is 13.0. The summed E-state index contributed by atoms with van der Waals surface area (Å²) in [6, 6.07) is 8.62. The predicted molar refractivity (Wildman–Crippen MR) is 128 cm³/mol. The van der Waals surface area contributed by atoms with Crippen molar-refractivity contribution in [1.82, 2.24) is 25.3 Å². The standard InChI is InChI=1S/C25H43N5O/c1-3-28-16-18-29(19-17-28)13-5-4-12-26-25(31)27-20-23-6-8-24(9-7-23)21-30-14-10-22(2)11-15-30/h6-9,22H,3-5,10-21H2,1-2H3,(H2,26,27,31). The first-order chi connectivity index (χ1) is 15.1. The maximum Gasteiger partial charge on any atom is 0.315 e. The van der Waals surface area contributed by atoms with Crippen molar-refractivity contribution >= 4 is 6.03 Å². The number of rotatable bonds is 10. The normalized spacial score (nSPS) is 19.4. The average Bonchev–Trinajstić information content (AvgIpc) is 2.80. The molecule has 1 aromatic carbocycles. The molecule has 2 aliphatic heterocycles. The molecule has 1 aromatic rings. The third-order valence-corrected chi connectivity index (χ3v) is 6.86. The highest BCUT2D eigenvalue weighted by Gasteiger charge is 2.16. The SMILES string of the molecule is CCN1CCN(CCCCNC(=O)NCc2ccc(CN3CCC(C)CC3)cc2)CC1. The lowest BCUT2D eigenvalue weighted by molar-refractivity contribution is 0.135. The minimum Gasteiger partial charge on any atom is -0.338 e. The number of amides is 2. The number of hydrogen-bond acceptors (Lipinski definition) is 4. The molecule has 2 N–H and O–H groups in total. The van der Waals surface area contributed by atoms with E-state index >= 15 is 0 Å². The zero-order valence-electron chi connectivity index (χ0n) is 19.7. The minimum absolute atomic E-state index is 0.0666. The Morgan fingerprint density at radius 3 is 2.19 bits per heavy atom. The second-order valence-corrected chi connectivity index (χ2v) is 9.37. The van der Waals surface area contributed by atoms with Crippen molar-refractivity contribution in [3.8, 4) is 0 Å². The van der Waals surface area contributed by atoms with Gasteiger partial charge in [-0.25, -0.2) is 4.79 Å². The molecule has 2 amide bonds. The van der Waals surface area contributed by atoms with Crippen molar-refractivity contribution in [3.05, 3.63) is 35.4 Å². The first kappa shape index (κ1) is 24.0. The molecule has 174 valence electrons. The van der Waals surface area contributed by atoms with E-state index in [4.69, 9.17) is 0 Å². The number of likely N-dealkylation sites (N-methyl/N-ethyl adjacent to an activating group) is 1. The van der Waals surface area contributed by atoms with Crippen LogP contribution in [0.3, 0.4) is 0 Å². The number of piperazine rings is 1. The summed E-state index contributed by atoms with van der Waals surface area (Å²) in [6.45, 7) is 16.4. The number of likely N-dealkylation sites (tertiary alicyclic amines) is 1. The first-order valence-electron chi connectivity index (χ1n) is 12.4. The Kier molecular flexibility index (Phi) is 10.1. The molecule has 0 bridgehead atoms. The van der Waals surface area contributed by atoms with Crippen LogP contribution in [0.2, 0.25) is 0 Å². The molecule has 0 aliphatic carbocycles. The predicted octanol–water partition coefficient (Wildman–Crippen LogP) is 3.14. The number of piperidine rings is 1. The summed E-state index contributed by atoms with van der Waals surface area (Å²) in [7, 11) is 0. The van der Waals surface area contributed by atoms with Crippen LogP contribution >= 0.6 is 0 Å². The van der Waals surface area contributed by atoms with E-state index in [0.29, 0.717) is 6.54 Å². The highest BCUT2D eigenvalue weighted by molar-refractivity contribution is 5.73. The molecule has 0 spiro atoms. The molecule has 31 heavy (non-hydrogen) atoms. The molecular formula is C25H43N5O. The smallest absolute Gasteiger partial charge is 0.315 e. The van der Waals surface area contributed by atoms with Gasteiger partial charge >= 0.3 is 6.03 Å². The van der Waals surface area contributed by atoms with Crippen molar-refractivity contribution < 1.29 is 4.79 Å². The van der Waals surface area contributed by atoms with Gasteiger partial charge in [0.05, 0.1) is 0 Å². The Labute approximate surface area is 189 Å². The van der Waals surface area contributed by atoms with Gasteiger partial charge in [0.1, 0.15) is 0 Å². The largest absolute Gasteiger partial charge is 0.338 e. The Morgan fingerprint density at radius 1 is 0.871 bits per heavy atom. The summed E-state index contributed by atoms with van der Waals surface area (Å²) < 4.78 is 0. The quantitative estimate of drug-likeness (QED) is 0.561. The van der Waals surface area contributed by atoms with E-state index in [9.17, 15) is 4.79 Å². The maximum atomic E-state index is 12.1. The molecule has 6 heteroatoms. The Bertz CT molecular complexity index is 634. The third-order valence-electron chi connectivity index (χ3n) is 6.86. The summed E-state index contributed by atoms with van der Waals surface area (Å²) in [4.78, 5) is 19.7. The number of hydrogen-bond donors (Lipinski definition) is 2. The second-order valence-electron chi connectivity index (χ2n) is 9.37. The van der Waals surface area contributed by atoms with Crippen LogP contribution in [0.1, 0.15) is 50.7 Å². The first-order valence-corrected chi connectivity index (χ1v) is 12.4. The van der Waals surface area contributed by atoms with E-state index < -0.39 is 0 Å². The van der Waals surface area contributed by atoms with Gasteiger partial charge in [0.15, 0.2) is 0 Å². The van der Waals surface area contributed by atoms with Crippen LogP contribution in [-0.2, 0) is 13.1 Å². The molecule has 0 radical (unpaired) electrons. The highest BCUT2D eigenvalue weighted by Crippen LogP contribution is 2.18. The Hall–Kier alpha value is -1.63. The number of urea groups is 1. The molecular weight excluding hydrogens is 386 g/mol. The fraction of sp³-hybridized carbons (Fsp3) is 0.720. The molecule has 3 rings (SSSR count). The number of carbonyl (C=O) groups is 1. The van der Waals surface area contributed by atoms with E-state index in [-0.39, 0.29) is 6.03 Å². The van der Waals surface area contributed by atoms with Gasteiger partial charge in [-0.15, -0.1) is 0 Å². The summed E-state index contributed by atoms with van der Waals surface area (Å²) in [5.74, 6) is 0.873. The lowest BCUT2D eigenvalue weighted by Crippen LogP contribution is -2.46. The summed E-state index contributed by atoms with van der Waals surface area (Å²) in [5, 5.41) is 5.97. The lowest BCUT2D eigenvalue weighted by atomic mass is 9.99. The Balaban J connectivity index is 1.23. The van der Waals surface area contributed by atoms with Gasteiger partial charge in [-0.3, -0.25) is 4.90 Å². The fourth-order valence-corrected chi connectivity index (χ4v) is 4.48. The van der Waals surface area contributed by atoms with E-state index in [0.717, 1.165) is 50.5 Å². The molecule has 6 nitrogen and oxygen atoms in total. The van der Waals surface area contributed by atoms with Crippen LogP contribution < -0.4 is 10.6 Å². The number of nitrogens with one attached hydrogen (secondary N) is 2. The topological polar surface area (TPSA) is 50.9 Å². The molecule has 2 fully saturated rings. The zero-order chi connectivity index (χ0) is 21.9. The number of benzene rings is 1. The van der Waals surface area contributed by atoms with Crippen molar-refractivity contribution in [1.29, 1.82) is 0 Å². The van der Waals surface area contributed by atoms with Crippen LogP contribution in [0.25, 0.3) is 0 Å². The summed E-state index contributed by atoms with van der Waals surface area (Å²) in [6.07, 6.45) is 4.80. The fourth-order valence-electron chi connectivity index (χ4n) is 4.48. The van der Waals surface area contributed by atoms with E-state index in [1.165, 1.54) is 57.7 Å². The van der Waals surface area contributed by atoms with E-state index in [1.54, 1.807) is 0 Å². The van der Waals surface area contributed by atoms with Gasteiger partial charge in [0, 0.05) is 45.8 Å². The van der Waals surface area contributed by atoms with Gasteiger partial charge in [0.25, 0.3) is 0 Å². The van der Waals surface area contributed by atoms with E-state index in [2.05, 4.69) is 63.4 Å². The zero-order valence-corrected chi connectivity index (χ0v) is 19.7. The van der Waals surface area contributed by atoms with Crippen LogP contribution in [0.5, 0.6) is 0 Å². The molecule has 2 aliphatic rings. The van der Waals surface area contributed by atoms with Crippen LogP contribution in [0.15, 0.2) is 24.3 Å². The van der Waals surface area contributed by atoms with Crippen molar-refractivity contribution in [2.45, 2.75) is 52.6 Å². The number of nitrogens with zero attached hydrogens (tertiary/aromatic N) is 3. The molecule has 0 atom stereocenters. The van der Waals surface area contributed by atoms with Gasteiger partial charge in [-0.2, -0.15) is 0 Å². The highest BCUT2D eigenvalue weighted by atomic mass is 16.2. The van der Waals surface area contributed by atoms with Gasteiger partial charge < -0.3 is 20.4 Å². The van der Waals surface area contributed by atoms with Crippen LogP contribution in [-0.4, -0.2) is 79.6 Å². The molecule has 0 saturated carbocycles. The molecule has 2 heterocycles. The van der Waals surface area contributed by atoms with Gasteiger partial charge in [-0.05, 0) is 68.9 Å². The average molecular weight is 430 g/mol. The monoisotopic (exact) mass is 429 g/mol. The third kappa shape index (κ3) is 8.79. The van der Waals surface area contributed by atoms with Crippen LogP contribution in [0, 0.1) is 5.92 Å². The van der Waals surface area contributed by atoms with Crippen molar-refractivity contribution in [3.63, 3.8) is 0 Å². The minimum atomic E-state index is -0.0666. The number of unbranched alkanes of at least 4 members (excludes halogenated alkanes) is 1. The van der Waals surface area contributed by atoms with Crippen molar-refractivity contribution in [2.75, 3.05) is 58.9 Å². The Morgan fingerprint density at radius 2 is 1.52 bits per heavy atom. The van der Waals surface area contributed by atoms with Gasteiger partial charge in [-0.1, -0.05) is 38.1 Å².